The molecule has 4 rings (SSSR count). The first-order valence-electron chi connectivity index (χ1n) is 9.66. The van der Waals surface area contributed by atoms with Crippen molar-refractivity contribution in [2.24, 2.45) is 0 Å². The monoisotopic (exact) mass is 591 g/mol. The molecule has 3 aromatic carbocycles. The third-order valence-corrected chi connectivity index (χ3v) is 5.97. The van der Waals surface area contributed by atoms with Crippen LogP contribution in [0.15, 0.2) is 71.2 Å². The summed E-state index contributed by atoms with van der Waals surface area (Å²) in [4.78, 5) is 26.4. The molecule has 0 spiro atoms. The lowest BCUT2D eigenvalue weighted by Gasteiger charge is -2.38. The minimum absolute atomic E-state index is 0.302. The number of nitrogens with zero attached hydrogens (tertiary/aromatic N) is 1. The largest absolute Gasteiger partial charge is 0.493 e. The van der Waals surface area contributed by atoms with Gasteiger partial charge in [-0.2, -0.15) is 0 Å². The number of amides is 2. The first-order chi connectivity index (χ1) is 15.0. The summed E-state index contributed by atoms with van der Waals surface area (Å²) in [5.41, 5.74) is 5.16. The van der Waals surface area contributed by atoms with Gasteiger partial charge < -0.3 is 10.1 Å². The molecule has 0 aromatic heterocycles. The van der Waals surface area contributed by atoms with Gasteiger partial charge in [0.2, 0.25) is 0 Å². The van der Waals surface area contributed by atoms with E-state index in [2.05, 4.69) is 49.3 Å². The summed E-state index contributed by atoms with van der Waals surface area (Å²) in [5.74, 6) is -0.0457. The lowest BCUT2D eigenvalue weighted by atomic mass is 10.0. The van der Waals surface area contributed by atoms with Gasteiger partial charge in [-0.15, -0.1) is 0 Å². The van der Waals surface area contributed by atoms with Crippen molar-refractivity contribution in [3.63, 3.8) is 0 Å². The van der Waals surface area contributed by atoms with Crippen molar-refractivity contribution in [1.29, 1.82) is 0 Å². The summed E-state index contributed by atoms with van der Waals surface area (Å²) < 4.78 is 7.58. The fourth-order valence-electron chi connectivity index (χ4n) is 3.39. The van der Waals surface area contributed by atoms with Crippen LogP contribution in [0.1, 0.15) is 39.4 Å². The number of anilines is 1. The molecule has 31 heavy (non-hydrogen) atoms. The Morgan fingerprint density at radius 2 is 1.94 bits per heavy atom. The number of nitrogens with one attached hydrogen (secondary N) is 2. The maximum Gasteiger partial charge on any atom is 0.276 e. The van der Waals surface area contributed by atoms with Crippen molar-refractivity contribution in [2.75, 3.05) is 11.9 Å². The molecule has 0 fully saturated rings. The normalized spacial score (nSPS) is 15.1. The molecule has 0 radical (unpaired) electrons. The Kier molecular flexibility index (Phi) is 6.47. The van der Waals surface area contributed by atoms with Gasteiger partial charge >= 0.3 is 0 Å². The summed E-state index contributed by atoms with van der Waals surface area (Å²) in [6, 6.07) is 20.0. The van der Waals surface area contributed by atoms with Crippen LogP contribution in [0.25, 0.3) is 0 Å². The zero-order chi connectivity index (χ0) is 22.0. The van der Waals surface area contributed by atoms with Gasteiger partial charge in [0.1, 0.15) is 5.75 Å². The van der Waals surface area contributed by atoms with Crippen LogP contribution in [0.5, 0.6) is 5.75 Å². The minimum atomic E-state index is -0.660. The number of rotatable bonds is 5. The van der Waals surface area contributed by atoms with Crippen LogP contribution >= 0.6 is 38.5 Å². The Morgan fingerprint density at radius 1 is 1.16 bits per heavy atom. The number of ether oxygens (including phenoxy) is 1. The fourth-order valence-corrected chi connectivity index (χ4v) is 4.26. The maximum atomic E-state index is 13.5. The van der Waals surface area contributed by atoms with E-state index in [0.29, 0.717) is 29.2 Å². The van der Waals surface area contributed by atoms with Gasteiger partial charge in [-0.25, -0.2) is 5.01 Å². The molecule has 8 heteroatoms. The third-order valence-electron chi connectivity index (χ3n) is 4.81. The molecule has 0 saturated carbocycles. The molecule has 0 aliphatic carbocycles. The number of carbonyl (C=O) groups is 2. The Bertz CT molecular complexity index is 1140. The molecule has 0 saturated heterocycles. The number of halogens is 2. The summed E-state index contributed by atoms with van der Waals surface area (Å²) in [7, 11) is 0. The zero-order valence-corrected chi connectivity index (χ0v) is 20.3. The van der Waals surface area contributed by atoms with Gasteiger partial charge in [-0.05, 0) is 78.0 Å². The summed E-state index contributed by atoms with van der Waals surface area (Å²) in [6.45, 7) is 2.37. The molecule has 6 nitrogen and oxygen atoms in total. The number of fused-ring (bicyclic) bond motifs is 1. The molecule has 1 heterocycles. The lowest BCUT2D eigenvalue weighted by molar-refractivity contribution is 0.0488. The zero-order valence-electron chi connectivity index (χ0n) is 16.6. The Morgan fingerprint density at radius 3 is 2.68 bits per heavy atom. The molecule has 2 N–H and O–H groups in total. The van der Waals surface area contributed by atoms with E-state index in [4.69, 9.17) is 4.74 Å². The highest BCUT2D eigenvalue weighted by Gasteiger charge is 2.36. The van der Waals surface area contributed by atoms with Crippen LogP contribution in [0, 0.1) is 3.57 Å². The van der Waals surface area contributed by atoms with Crippen LogP contribution in [0.2, 0.25) is 0 Å². The van der Waals surface area contributed by atoms with Gasteiger partial charge in [-0.3, -0.25) is 15.0 Å². The van der Waals surface area contributed by atoms with Crippen LogP contribution in [-0.4, -0.2) is 23.4 Å². The number of hydrogen-bond acceptors (Lipinski definition) is 4. The average molecular weight is 592 g/mol. The molecule has 1 aliphatic rings. The van der Waals surface area contributed by atoms with Crippen molar-refractivity contribution >= 4 is 56.0 Å². The Labute approximate surface area is 202 Å². The van der Waals surface area contributed by atoms with Gasteiger partial charge in [0.05, 0.1) is 12.2 Å². The maximum absolute atomic E-state index is 13.5. The van der Waals surface area contributed by atoms with E-state index in [0.717, 1.165) is 13.6 Å². The molecule has 0 unspecified atom stereocenters. The molecule has 158 valence electrons. The SMILES string of the molecule is CCOc1ccc(Br)cc1[C@H]1Nc2ccc(I)cc2C(=O)N1NC(=O)c1ccccc1. The molecular weight excluding hydrogens is 573 g/mol. The van der Waals surface area contributed by atoms with E-state index in [1.54, 1.807) is 30.3 Å². The van der Waals surface area contributed by atoms with Crippen molar-refractivity contribution in [1.82, 2.24) is 10.4 Å². The predicted octanol–water partition coefficient (Wildman–Crippen LogP) is 5.36. The first kappa shape index (κ1) is 21.6. The molecule has 1 atom stereocenters. The first-order valence-corrected chi connectivity index (χ1v) is 11.5. The summed E-state index contributed by atoms with van der Waals surface area (Å²) in [6.07, 6.45) is -0.660. The topological polar surface area (TPSA) is 70.7 Å². The smallest absolute Gasteiger partial charge is 0.276 e. The van der Waals surface area contributed by atoms with Gasteiger partial charge in [0, 0.05) is 24.9 Å². The van der Waals surface area contributed by atoms with Crippen LogP contribution in [0.3, 0.4) is 0 Å². The Balaban J connectivity index is 1.79. The van der Waals surface area contributed by atoms with Crippen molar-refractivity contribution < 1.29 is 14.3 Å². The summed E-state index contributed by atoms with van der Waals surface area (Å²) >= 11 is 5.67. The molecule has 3 aromatic rings. The summed E-state index contributed by atoms with van der Waals surface area (Å²) in [5, 5.41) is 4.72. The number of carbonyl (C=O) groups excluding carboxylic acids is 2. The van der Waals surface area contributed by atoms with E-state index in [1.807, 2.05) is 43.3 Å². The van der Waals surface area contributed by atoms with Crippen molar-refractivity contribution in [3.8, 4) is 5.75 Å². The number of benzene rings is 3. The molecular formula is C23H19BrIN3O3. The van der Waals surface area contributed by atoms with Crippen LogP contribution < -0.4 is 15.5 Å². The number of hydrogen-bond donors (Lipinski definition) is 2. The van der Waals surface area contributed by atoms with Gasteiger partial charge in [0.25, 0.3) is 11.8 Å². The predicted molar refractivity (Wildman–Crippen MR) is 131 cm³/mol. The second-order valence-electron chi connectivity index (χ2n) is 6.83. The molecule has 1 aliphatic heterocycles. The van der Waals surface area contributed by atoms with Crippen molar-refractivity contribution in [3.05, 3.63) is 91.5 Å². The van der Waals surface area contributed by atoms with Gasteiger partial charge in [-0.1, -0.05) is 34.1 Å². The second-order valence-corrected chi connectivity index (χ2v) is 9.00. The molecule has 0 bridgehead atoms. The average Bonchev–Trinajstić information content (AvgIpc) is 2.78. The minimum Gasteiger partial charge on any atom is -0.493 e. The van der Waals surface area contributed by atoms with Crippen molar-refractivity contribution in [2.45, 2.75) is 13.1 Å². The highest BCUT2D eigenvalue weighted by molar-refractivity contribution is 14.1. The Hall–Kier alpha value is -2.59. The van der Waals surface area contributed by atoms with E-state index in [1.165, 1.54) is 5.01 Å². The molecule has 2 amide bonds. The van der Waals surface area contributed by atoms with Crippen LogP contribution in [-0.2, 0) is 0 Å². The van der Waals surface area contributed by atoms with E-state index >= 15 is 0 Å². The van der Waals surface area contributed by atoms with Crippen LogP contribution in [0.4, 0.5) is 5.69 Å². The number of hydrazine groups is 1. The fraction of sp³-hybridized carbons (Fsp3) is 0.130. The van der Waals surface area contributed by atoms with E-state index in [9.17, 15) is 9.59 Å². The highest BCUT2D eigenvalue weighted by atomic mass is 127. The quantitative estimate of drug-likeness (QED) is 0.392. The van der Waals surface area contributed by atoms with E-state index in [-0.39, 0.29) is 11.8 Å². The lowest BCUT2D eigenvalue weighted by Crippen LogP contribution is -2.53. The highest BCUT2D eigenvalue weighted by Crippen LogP contribution is 2.37. The third kappa shape index (κ3) is 4.54. The van der Waals surface area contributed by atoms with Gasteiger partial charge in [0.15, 0.2) is 6.17 Å². The standard InChI is InChI=1S/C23H19BrIN3O3/c1-2-31-20-11-8-15(24)12-18(20)21-26-19-10-9-16(25)13-17(19)23(30)28(21)27-22(29)14-6-4-3-5-7-14/h3-13,21,26H,2H2,1H3,(H,27,29)/t21-/m0/s1. The second kappa shape index (κ2) is 9.27. The van der Waals surface area contributed by atoms with E-state index < -0.39 is 6.17 Å².